The van der Waals surface area contributed by atoms with Crippen LogP contribution in [0.4, 0.5) is 14.9 Å². The van der Waals surface area contributed by atoms with Crippen LogP contribution >= 0.6 is 0 Å². The first-order valence-corrected chi connectivity index (χ1v) is 9.93. The van der Waals surface area contributed by atoms with Crippen LogP contribution in [-0.2, 0) is 6.54 Å². The molecule has 1 aliphatic heterocycles. The van der Waals surface area contributed by atoms with Crippen LogP contribution in [0.2, 0.25) is 0 Å². The van der Waals surface area contributed by atoms with E-state index in [2.05, 4.69) is 46.3 Å². The topological polar surface area (TPSA) is 66.3 Å². The molecule has 1 aliphatic rings. The lowest BCUT2D eigenvalue weighted by Crippen LogP contribution is -2.60. The van der Waals surface area contributed by atoms with Gasteiger partial charge in [-0.2, -0.15) is 5.10 Å². The fourth-order valence-electron chi connectivity index (χ4n) is 3.71. The Balaban J connectivity index is 1.39. The van der Waals surface area contributed by atoms with Crippen molar-refractivity contribution in [1.82, 2.24) is 24.6 Å². The average molecular weight is 408 g/mol. The van der Waals surface area contributed by atoms with Gasteiger partial charge in [0.05, 0.1) is 18.1 Å². The normalized spacial score (nSPS) is 16.4. The van der Waals surface area contributed by atoms with E-state index in [1.54, 1.807) is 11.1 Å². The van der Waals surface area contributed by atoms with Crippen LogP contribution < -0.4 is 5.32 Å². The molecule has 3 aromatic rings. The molecule has 1 aromatic carbocycles. The summed E-state index contributed by atoms with van der Waals surface area (Å²) in [7, 11) is 0. The van der Waals surface area contributed by atoms with Gasteiger partial charge in [-0.3, -0.25) is 4.90 Å². The number of anilines is 1. The van der Waals surface area contributed by atoms with Crippen molar-refractivity contribution in [2.24, 2.45) is 0 Å². The summed E-state index contributed by atoms with van der Waals surface area (Å²) in [5.41, 5.74) is 1.60. The molecule has 30 heavy (non-hydrogen) atoms. The summed E-state index contributed by atoms with van der Waals surface area (Å²) in [6, 6.07) is 13.0. The van der Waals surface area contributed by atoms with Crippen molar-refractivity contribution in [1.29, 1.82) is 0 Å². The van der Waals surface area contributed by atoms with Crippen molar-refractivity contribution in [3.8, 4) is 5.82 Å². The second kappa shape index (κ2) is 8.23. The maximum Gasteiger partial charge on any atom is 0.322 e. The molecular weight excluding hydrogens is 383 g/mol. The van der Waals surface area contributed by atoms with Gasteiger partial charge in [0, 0.05) is 37.9 Å². The molecular formula is C22H25FN6O. The fourth-order valence-corrected chi connectivity index (χ4v) is 3.71. The molecule has 1 fully saturated rings. The van der Waals surface area contributed by atoms with Gasteiger partial charge >= 0.3 is 6.03 Å². The average Bonchev–Trinajstić information content (AvgIpc) is 3.18. The number of aromatic nitrogens is 3. The summed E-state index contributed by atoms with van der Waals surface area (Å²) in [6.07, 6.45) is 4.54. The van der Waals surface area contributed by atoms with E-state index in [4.69, 9.17) is 0 Å². The quantitative estimate of drug-likeness (QED) is 0.717. The highest BCUT2D eigenvalue weighted by molar-refractivity contribution is 5.89. The van der Waals surface area contributed by atoms with Gasteiger partial charge in [-0.25, -0.2) is 18.9 Å². The number of halogens is 1. The Hall–Kier alpha value is -3.26. The number of carbonyl (C=O) groups excluding carboxylic acids is 1. The minimum atomic E-state index is -0.477. The van der Waals surface area contributed by atoms with E-state index in [-0.39, 0.29) is 17.4 Å². The Bertz CT molecular complexity index is 1020. The number of hydrogen-bond donors (Lipinski definition) is 1. The van der Waals surface area contributed by atoms with E-state index in [1.807, 2.05) is 18.2 Å². The Kier molecular flexibility index (Phi) is 5.50. The maximum absolute atomic E-state index is 13.9. The summed E-state index contributed by atoms with van der Waals surface area (Å²) in [6.45, 7) is 7.17. The summed E-state index contributed by atoms with van der Waals surface area (Å²) in [5, 5.41) is 6.96. The Labute approximate surface area is 175 Å². The number of amides is 2. The SMILES string of the molecule is CC1(C)CN(C(=O)Nc2cnn(-c3ncccc3F)c2)CCN1Cc1ccccc1. The minimum absolute atomic E-state index is 0.0914. The monoisotopic (exact) mass is 408 g/mol. The van der Waals surface area contributed by atoms with Gasteiger partial charge < -0.3 is 10.2 Å². The molecule has 7 nitrogen and oxygen atoms in total. The predicted molar refractivity (Wildman–Crippen MR) is 113 cm³/mol. The van der Waals surface area contributed by atoms with Gasteiger partial charge in [0.2, 0.25) is 0 Å². The Morgan fingerprint density at radius 2 is 1.97 bits per heavy atom. The fraction of sp³-hybridized carbons (Fsp3) is 0.318. The van der Waals surface area contributed by atoms with Crippen molar-refractivity contribution < 1.29 is 9.18 Å². The third-order valence-electron chi connectivity index (χ3n) is 5.37. The molecule has 2 amide bonds. The molecule has 1 saturated heterocycles. The number of urea groups is 1. The summed E-state index contributed by atoms with van der Waals surface area (Å²) in [5.74, 6) is -0.386. The molecule has 0 unspecified atom stereocenters. The van der Waals surface area contributed by atoms with Crippen LogP contribution in [-0.4, -0.2) is 55.8 Å². The van der Waals surface area contributed by atoms with Crippen molar-refractivity contribution in [3.05, 3.63) is 72.4 Å². The third-order valence-corrected chi connectivity index (χ3v) is 5.37. The van der Waals surface area contributed by atoms with Gasteiger partial charge in [-0.05, 0) is 31.5 Å². The zero-order chi connectivity index (χ0) is 21.1. The molecule has 0 spiro atoms. The summed E-state index contributed by atoms with van der Waals surface area (Å²) < 4.78 is 15.2. The van der Waals surface area contributed by atoms with Crippen LogP contribution in [0.25, 0.3) is 5.82 Å². The number of nitrogens with one attached hydrogen (secondary N) is 1. The van der Waals surface area contributed by atoms with Gasteiger partial charge in [0.25, 0.3) is 0 Å². The van der Waals surface area contributed by atoms with Gasteiger partial charge in [0.1, 0.15) is 0 Å². The number of nitrogens with zero attached hydrogens (tertiary/aromatic N) is 5. The third kappa shape index (κ3) is 4.33. The molecule has 0 bridgehead atoms. The molecule has 1 N–H and O–H groups in total. The van der Waals surface area contributed by atoms with Crippen LogP contribution in [0, 0.1) is 5.82 Å². The Morgan fingerprint density at radius 3 is 2.70 bits per heavy atom. The molecule has 0 atom stereocenters. The number of carbonyl (C=O) groups is 1. The molecule has 156 valence electrons. The Morgan fingerprint density at radius 1 is 1.17 bits per heavy atom. The highest BCUT2D eigenvalue weighted by Crippen LogP contribution is 2.24. The molecule has 4 rings (SSSR count). The lowest BCUT2D eigenvalue weighted by Gasteiger charge is -2.47. The predicted octanol–water partition coefficient (Wildman–Crippen LogP) is 3.53. The van der Waals surface area contributed by atoms with E-state index in [0.29, 0.717) is 18.8 Å². The van der Waals surface area contributed by atoms with E-state index in [1.165, 1.54) is 34.8 Å². The van der Waals surface area contributed by atoms with Gasteiger partial charge in [-0.1, -0.05) is 30.3 Å². The first-order chi connectivity index (χ1) is 14.4. The van der Waals surface area contributed by atoms with E-state index in [9.17, 15) is 9.18 Å². The van der Waals surface area contributed by atoms with Gasteiger partial charge in [0.15, 0.2) is 11.6 Å². The molecule has 8 heteroatoms. The second-order valence-corrected chi connectivity index (χ2v) is 8.05. The molecule has 2 aromatic heterocycles. The van der Waals surface area contributed by atoms with E-state index in [0.717, 1.165) is 13.1 Å². The number of piperazine rings is 1. The van der Waals surface area contributed by atoms with E-state index >= 15 is 0 Å². The number of pyridine rings is 1. The molecule has 0 aliphatic carbocycles. The lowest BCUT2D eigenvalue weighted by atomic mass is 9.98. The summed E-state index contributed by atoms with van der Waals surface area (Å²) in [4.78, 5) is 21.0. The smallest absolute Gasteiger partial charge is 0.321 e. The van der Waals surface area contributed by atoms with Crippen LogP contribution in [0.1, 0.15) is 19.4 Å². The number of hydrogen-bond acceptors (Lipinski definition) is 4. The first-order valence-electron chi connectivity index (χ1n) is 9.93. The second-order valence-electron chi connectivity index (χ2n) is 8.05. The zero-order valence-corrected chi connectivity index (χ0v) is 17.1. The number of benzene rings is 1. The molecule has 0 saturated carbocycles. The number of rotatable bonds is 4. The standard InChI is InChI=1S/C22H25FN6O/c1-22(2)16-27(11-12-28(22)14-17-7-4-3-5-8-17)21(30)26-18-13-25-29(15-18)20-19(23)9-6-10-24-20/h3-10,13,15H,11-12,14,16H2,1-2H3,(H,26,30). The van der Waals surface area contributed by atoms with Crippen molar-refractivity contribution in [2.45, 2.75) is 25.9 Å². The highest BCUT2D eigenvalue weighted by Gasteiger charge is 2.35. The lowest BCUT2D eigenvalue weighted by molar-refractivity contribution is 0.0325. The van der Waals surface area contributed by atoms with Crippen LogP contribution in [0.3, 0.4) is 0 Å². The zero-order valence-electron chi connectivity index (χ0n) is 17.1. The van der Waals surface area contributed by atoms with E-state index < -0.39 is 5.82 Å². The molecule has 3 heterocycles. The van der Waals surface area contributed by atoms with Crippen LogP contribution in [0.5, 0.6) is 0 Å². The molecule has 0 radical (unpaired) electrons. The highest BCUT2D eigenvalue weighted by atomic mass is 19.1. The summed E-state index contributed by atoms with van der Waals surface area (Å²) >= 11 is 0. The minimum Gasteiger partial charge on any atom is -0.321 e. The first kappa shape index (κ1) is 20.0. The van der Waals surface area contributed by atoms with Crippen molar-refractivity contribution in [2.75, 3.05) is 25.0 Å². The van der Waals surface area contributed by atoms with Gasteiger partial charge in [-0.15, -0.1) is 0 Å². The maximum atomic E-state index is 13.9. The van der Waals surface area contributed by atoms with Crippen molar-refractivity contribution >= 4 is 11.7 Å². The largest absolute Gasteiger partial charge is 0.322 e. The van der Waals surface area contributed by atoms with Crippen LogP contribution in [0.15, 0.2) is 61.1 Å². The van der Waals surface area contributed by atoms with Crippen molar-refractivity contribution in [3.63, 3.8) is 0 Å².